The first kappa shape index (κ1) is 26.5. The normalized spacial score (nSPS) is 17.9. The Hall–Kier alpha value is -4.12. The molecule has 2 heterocycles. The van der Waals surface area contributed by atoms with Crippen LogP contribution in [0.25, 0.3) is 49.7 Å². The van der Waals surface area contributed by atoms with E-state index in [4.69, 9.17) is 9.31 Å². The molecule has 1 aromatic heterocycles. The molecule has 8 rings (SSSR count). The van der Waals surface area contributed by atoms with Gasteiger partial charge in [0, 0.05) is 27.3 Å². The molecule has 0 unspecified atom stereocenters. The highest BCUT2D eigenvalue weighted by Gasteiger charge is 2.53. The first-order valence-corrected chi connectivity index (χ1v) is 15.3. The Morgan fingerprint density at radius 3 is 1.93 bits per heavy atom. The number of para-hydroxylation sites is 1. The van der Waals surface area contributed by atoms with Gasteiger partial charge in [0.05, 0.1) is 22.2 Å². The number of nitrogens with zero attached hydrogens (tertiary/aromatic N) is 1. The fraction of sp³-hybridized carbons (Fsp3) is 0.231. The van der Waals surface area contributed by atoms with Crippen molar-refractivity contribution in [2.24, 2.45) is 0 Å². The molecule has 43 heavy (non-hydrogen) atoms. The minimum atomic E-state index is -0.496. The van der Waals surface area contributed by atoms with Crippen molar-refractivity contribution in [3.63, 3.8) is 0 Å². The predicted molar refractivity (Wildman–Crippen MR) is 179 cm³/mol. The third-order valence-electron chi connectivity index (χ3n) is 10.3. The maximum atomic E-state index is 6.79. The van der Waals surface area contributed by atoms with E-state index < -0.39 is 18.3 Å². The van der Waals surface area contributed by atoms with Crippen LogP contribution >= 0.6 is 0 Å². The zero-order valence-electron chi connectivity index (χ0n) is 25.7. The van der Waals surface area contributed by atoms with Crippen molar-refractivity contribution in [3.8, 4) is 27.9 Å². The molecule has 0 saturated carbocycles. The number of aromatic nitrogens is 1. The Bertz CT molecular complexity index is 2040. The molecule has 212 valence electrons. The number of benzene rings is 5. The van der Waals surface area contributed by atoms with Crippen molar-refractivity contribution in [1.82, 2.24) is 4.57 Å². The third-order valence-corrected chi connectivity index (χ3v) is 10.3. The van der Waals surface area contributed by atoms with Crippen LogP contribution in [0.1, 0.15) is 52.7 Å². The molecule has 0 radical (unpaired) electrons. The third kappa shape index (κ3) is 3.70. The van der Waals surface area contributed by atoms with Crippen molar-refractivity contribution >= 4 is 34.4 Å². The lowest BCUT2D eigenvalue weighted by atomic mass is 9.73. The van der Waals surface area contributed by atoms with E-state index in [1.165, 1.54) is 49.7 Å². The molecule has 0 amide bonds. The smallest absolute Gasteiger partial charge is 0.399 e. The average molecular weight is 562 g/mol. The van der Waals surface area contributed by atoms with Gasteiger partial charge in [0.25, 0.3) is 0 Å². The van der Waals surface area contributed by atoms with Gasteiger partial charge in [-0.05, 0) is 79.3 Å². The Kier molecular flexibility index (Phi) is 5.52. The molecule has 5 aromatic carbocycles. The van der Waals surface area contributed by atoms with Crippen LogP contribution in [0.2, 0.25) is 0 Å². The number of rotatable bonds is 3. The van der Waals surface area contributed by atoms with E-state index >= 15 is 0 Å². The van der Waals surface area contributed by atoms with Crippen LogP contribution < -0.4 is 5.46 Å². The minimum absolute atomic E-state index is 0.154. The van der Waals surface area contributed by atoms with E-state index in [-0.39, 0.29) is 5.41 Å². The molecular weight excluding hydrogens is 525 g/mol. The van der Waals surface area contributed by atoms with E-state index in [0.717, 1.165) is 16.7 Å². The summed E-state index contributed by atoms with van der Waals surface area (Å²) in [6.07, 6.45) is 0. The molecule has 0 bridgehead atoms. The fourth-order valence-corrected chi connectivity index (χ4v) is 7.21. The highest BCUT2D eigenvalue weighted by molar-refractivity contribution is 6.65. The number of hydrogen-bond acceptors (Lipinski definition) is 2. The Morgan fingerprint density at radius 2 is 1.21 bits per heavy atom. The van der Waals surface area contributed by atoms with Gasteiger partial charge in [0.2, 0.25) is 0 Å². The first-order chi connectivity index (χ1) is 20.6. The summed E-state index contributed by atoms with van der Waals surface area (Å²) < 4.78 is 16.0. The predicted octanol–water partition coefficient (Wildman–Crippen LogP) is 9.06. The summed E-state index contributed by atoms with van der Waals surface area (Å²) >= 11 is 0. The second kappa shape index (κ2) is 8.95. The number of hydrogen-bond donors (Lipinski definition) is 0. The second-order valence-corrected chi connectivity index (χ2v) is 13.6. The van der Waals surface area contributed by atoms with Gasteiger partial charge in [0.15, 0.2) is 0 Å². The zero-order valence-corrected chi connectivity index (χ0v) is 25.7. The van der Waals surface area contributed by atoms with Gasteiger partial charge < -0.3 is 13.9 Å². The van der Waals surface area contributed by atoms with E-state index in [1.807, 2.05) is 0 Å². The molecule has 1 aliphatic carbocycles. The van der Waals surface area contributed by atoms with Gasteiger partial charge in [-0.25, -0.2) is 0 Å². The maximum absolute atomic E-state index is 6.79. The van der Waals surface area contributed by atoms with Gasteiger partial charge >= 0.3 is 7.12 Å². The van der Waals surface area contributed by atoms with Crippen LogP contribution in [0.4, 0.5) is 0 Å². The lowest BCUT2D eigenvalue weighted by molar-refractivity contribution is 0.00578. The first-order valence-electron chi connectivity index (χ1n) is 15.3. The largest absolute Gasteiger partial charge is 0.497 e. The maximum Gasteiger partial charge on any atom is 0.497 e. The Morgan fingerprint density at radius 1 is 0.605 bits per heavy atom. The van der Waals surface area contributed by atoms with Crippen molar-refractivity contribution in [2.75, 3.05) is 0 Å². The number of fused-ring (bicyclic) bond motifs is 7. The van der Waals surface area contributed by atoms with E-state index in [0.29, 0.717) is 0 Å². The SMILES string of the molecule is CC1(C)c2ccccc2-c2c1cc(B1OC(C)(C)C(C)(C)O1)c1c2c2ccccc2n1-c1ccc(-c2ccccc2)cc1. The van der Waals surface area contributed by atoms with Crippen LogP contribution in [0.15, 0.2) is 109 Å². The zero-order chi connectivity index (χ0) is 29.7. The molecular formula is C39H36BNO2. The summed E-state index contributed by atoms with van der Waals surface area (Å²) in [6, 6.07) is 39.6. The van der Waals surface area contributed by atoms with Gasteiger partial charge in [-0.2, -0.15) is 0 Å². The highest BCUT2D eigenvalue weighted by atomic mass is 16.7. The molecule has 3 nitrogen and oxygen atoms in total. The van der Waals surface area contributed by atoms with Gasteiger partial charge in [-0.3, -0.25) is 0 Å². The molecule has 1 fully saturated rings. The van der Waals surface area contributed by atoms with Crippen LogP contribution in [0.3, 0.4) is 0 Å². The van der Waals surface area contributed by atoms with Gasteiger partial charge in [-0.15, -0.1) is 0 Å². The van der Waals surface area contributed by atoms with E-state index in [9.17, 15) is 0 Å². The summed E-state index contributed by atoms with van der Waals surface area (Å²) in [5.41, 5.74) is 11.2. The molecule has 4 heteroatoms. The van der Waals surface area contributed by atoms with Crippen molar-refractivity contribution in [2.45, 2.75) is 58.2 Å². The van der Waals surface area contributed by atoms with Crippen molar-refractivity contribution in [3.05, 3.63) is 120 Å². The highest BCUT2D eigenvalue weighted by Crippen LogP contribution is 2.53. The van der Waals surface area contributed by atoms with Gasteiger partial charge in [0.1, 0.15) is 0 Å². The Labute approximate surface area is 254 Å². The minimum Gasteiger partial charge on any atom is -0.399 e. The van der Waals surface area contributed by atoms with Gasteiger partial charge in [-0.1, -0.05) is 105 Å². The molecule has 6 aromatic rings. The summed E-state index contributed by atoms with van der Waals surface area (Å²) in [4.78, 5) is 0. The topological polar surface area (TPSA) is 23.4 Å². The molecule has 0 spiro atoms. The second-order valence-electron chi connectivity index (χ2n) is 13.6. The molecule has 0 N–H and O–H groups in total. The lowest BCUT2D eigenvalue weighted by Crippen LogP contribution is -2.41. The monoisotopic (exact) mass is 561 g/mol. The van der Waals surface area contributed by atoms with Crippen LogP contribution in [0, 0.1) is 0 Å². The molecule has 1 aliphatic heterocycles. The lowest BCUT2D eigenvalue weighted by Gasteiger charge is -2.32. The average Bonchev–Trinajstić information content (AvgIpc) is 3.55. The van der Waals surface area contributed by atoms with Crippen LogP contribution in [0.5, 0.6) is 0 Å². The summed E-state index contributed by atoms with van der Waals surface area (Å²) in [6.45, 7) is 13.2. The summed E-state index contributed by atoms with van der Waals surface area (Å²) in [5, 5.41) is 2.51. The van der Waals surface area contributed by atoms with E-state index in [2.05, 4.69) is 155 Å². The summed E-state index contributed by atoms with van der Waals surface area (Å²) in [7, 11) is -0.496. The molecule has 2 aliphatic rings. The summed E-state index contributed by atoms with van der Waals surface area (Å²) in [5.74, 6) is 0. The Balaban J connectivity index is 1.48. The molecule has 1 saturated heterocycles. The molecule has 0 atom stereocenters. The quantitative estimate of drug-likeness (QED) is 0.201. The standard InChI is InChI=1S/C39H36BNO2/c1-37(2)30-18-12-10-16-28(30)34-31(37)24-32(40-42-38(3,4)39(5,6)43-40)36-35(34)29-17-11-13-19-33(29)41(36)27-22-20-26(21-23-27)25-14-8-7-9-15-25/h7-24H,1-6H3. The van der Waals surface area contributed by atoms with Crippen LogP contribution in [-0.4, -0.2) is 22.9 Å². The van der Waals surface area contributed by atoms with Crippen molar-refractivity contribution in [1.29, 1.82) is 0 Å². The fourth-order valence-electron chi connectivity index (χ4n) is 7.21. The van der Waals surface area contributed by atoms with E-state index in [1.54, 1.807) is 0 Å². The van der Waals surface area contributed by atoms with Crippen molar-refractivity contribution < 1.29 is 9.31 Å². The van der Waals surface area contributed by atoms with Crippen LogP contribution in [-0.2, 0) is 14.7 Å².